The zero-order valence-electron chi connectivity index (χ0n) is 12.9. The lowest BCUT2D eigenvalue weighted by molar-refractivity contribution is -0.145. The molecule has 1 amide bonds. The van der Waals surface area contributed by atoms with E-state index in [1.807, 2.05) is 11.4 Å². The van der Waals surface area contributed by atoms with E-state index in [1.54, 1.807) is 6.07 Å². The van der Waals surface area contributed by atoms with E-state index in [9.17, 15) is 9.59 Å². The van der Waals surface area contributed by atoms with Crippen LogP contribution in [-0.4, -0.2) is 25.0 Å². The maximum absolute atomic E-state index is 11.7. The number of ether oxygens (including phenoxy) is 1. The van der Waals surface area contributed by atoms with Crippen LogP contribution in [0.15, 0.2) is 29.7 Å². The van der Waals surface area contributed by atoms with Gasteiger partial charge in [-0.3, -0.25) is 9.59 Å². The molecule has 1 aromatic heterocycles. The number of hydrogen-bond donors (Lipinski definition) is 1. The van der Waals surface area contributed by atoms with Gasteiger partial charge in [-0.05, 0) is 42.5 Å². The summed E-state index contributed by atoms with van der Waals surface area (Å²) < 4.78 is 5.35. The SMILES string of the molecule is CC1CC=CCC1COC(=O)CCCNC(=O)c1cccs1. The molecule has 0 radical (unpaired) electrons. The fourth-order valence-electron chi connectivity index (χ4n) is 2.44. The number of hydrogen-bond acceptors (Lipinski definition) is 4. The van der Waals surface area contributed by atoms with Crippen molar-refractivity contribution in [1.29, 1.82) is 0 Å². The Morgan fingerprint density at radius 1 is 1.36 bits per heavy atom. The van der Waals surface area contributed by atoms with Gasteiger partial charge in [-0.25, -0.2) is 0 Å². The fraction of sp³-hybridized carbons (Fsp3) is 0.529. The van der Waals surface area contributed by atoms with Crippen LogP contribution in [0.4, 0.5) is 0 Å². The molecule has 1 aliphatic rings. The fourth-order valence-corrected chi connectivity index (χ4v) is 3.08. The van der Waals surface area contributed by atoms with E-state index < -0.39 is 0 Å². The first-order valence-corrected chi connectivity index (χ1v) is 8.67. The molecule has 0 saturated carbocycles. The summed E-state index contributed by atoms with van der Waals surface area (Å²) in [7, 11) is 0. The Morgan fingerprint density at radius 3 is 2.91 bits per heavy atom. The molecule has 0 bridgehead atoms. The molecule has 1 N–H and O–H groups in total. The van der Waals surface area contributed by atoms with Crippen molar-refractivity contribution < 1.29 is 14.3 Å². The van der Waals surface area contributed by atoms with Gasteiger partial charge in [0.05, 0.1) is 11.5 Å². The van der Waals surface area contributed by atoms with Gasteiger partial charge in [-0.2, -0.15) is 0 Å². The maximum atomic E-state index is 11.7. The Kier molecular flexibility index (Phi) is 6.65. The largest absolute Gasteiger partial charge is 0.465 e. The van der Waals surface area contributed by atoms with Crippen LogP contribution >= 0.6 is 11.3 Å². The van der Waals surface area contributed by atoms with Crippen molar-refractivity contribution in [3.63, 3.8) is 0 Å². The van der Waals surface area contributed by atoms with Gasteiger partial charge in [0.2, 0.25) is 0 Å². The predicted molar refractivity (Wildman–Crippen MR) is 87.9 cm³/mol. The molecule has 2 atom stereocenters. The minimum atomic E-state index is -0.174. The van der Waals surface area contributed by atoms with Crippen molar-refractivity contribution in [1.82, 2.24) is 5.32 Å². The first-order chi connectivity index (χ1) is 10.7. The highest BCUT2D eigenvalue weighted by atomic mass is 32.1. The minimum Gasteiger partial charge on any atom is -0.465 e. The molecule has 22 heavy (non-hydrogen) atoms. The van der Waals surface area contributed by atoms with Crippen LogP contribution in [0.3, 0.4) is 0 Å². The summed E-state index contributed by atoms with van der Waals surface area (Å²) in [5, 5.41) is 4.68. The van der Waals surface area contributed by atoms with Gasteiger partial charge < -0.3 is 10.1 Å². The van der Waals surface area contributed by atoms with Crippen molar-refractivity contribution in [3.05, 3.63) is 34.5 Å². The molecular formula is C17H23NO3S. The first kappa shape index (κ1) is 16.7. The second-order valence-corrected chi connectivity index (χ2v) is 6.65. The average Bonchev–Trinajstić information content (AvgIpc) is 3.05. The van der Waals surface area contributed by atoms with E-state index in [2.05, 4.69) is 24.4 Å². The number of esters is 1. The number of allylic oxidation sites excluding steroid dienone is 2. The van der Waals surface area contributed by atoms with E-state index in [4.69, 9.17) is 4.74 Å². The Labute approximate surface area is 135 Å². The van der Waals surface area contributed by atoms with Gasteiger partial charge >= 0.3 is 5.97 Å². The molecule has 1 aromatic rings. The molecule has 0 saturated heterocycles. The van der Waals surface area contributed by atoms with E-state index in [1.165, 1.54) is 11.3 Å². The summed E-state index contributed by atoms with van der Waals surface area (Å²) >= 11 is 1.41. The van der Waals surface area contributed by atoms with Crippen molar-refractivity contribution in [2.75, 3.05) is 13.2 Å². The molecule has 1 heterocycles. The molecule has 1 aliphatic carbocycles. The topological polar surface area (TPSA) is 55.4 Å². The zero-order chi connectivity index (χ0) is 15.8. The molecule has 0 fully saturated rings. The molecule has 4 nitrogen and oxygen atoms in total. The van der Waals surface area contributed by atoms with Crippen molar-refractivity contribution in [2.24, 2.45) is 11.8 Å². The van der Waals surface area contributed by atoms with Gasteiger partial charge in [-0.1, -0.05) is 25.1 Å². The number of rotatable bonds is 7. The Morgan fingerprint density at radius 2 is 2.18 bits per heavy atom. The summed E-state index contributed by atoms with van der Waals surface area (Å²) in [6.45, 7) is 3.20. The van der Waals surface area contributed by atoms with Crippen LogP contribution in [0, 0.1) is 11.8 Å². The number of carbonyl (C=O) groups excluding carboxylic acids is 2. The zero-order valence-corrected chi connectivity index (χ0v) is 13.7. The Bertz CT molecular complexity index is 510. The second kappa shape index (κ2) is 8.73. The van der Waals surface area contributed by atoms with Gasteiger partial charge in [0.15, 0.2) is 0 Å². The molecular weight excluding hydrogens is 298 g/mol. The molecule has 0 aromatic carbocycles. The van der Waals surface area contributed by atoms with Crippen molar-refractivity contribution in [2.45, 2.75) is 32.6 Å². The first-order valence-electron chi connectivity index (χ1n) is 7.79. The van der Waals surface area contributed by atoms with Gasteiger partial charge in [0.25, 0.3) is 5.91 Å². The number of nitrogens with one attached hydrogen (secondary N) is 1. The highest BCUT2D eigenvalue weighted by molar-refractivity contribution is 7.12. The highest BCUT2D eigenvalue weighted by Crippen LogP contribution is 2.25. The summed E-state index contributed by atoms with van der Waals surface area (Å²) in [5.74, 6) is 0.758. The molecule has 120 valence electrons. The number of carbonyl (C=O) groups is 2. The highest BCUT2D eigenvalue weighted by Gasteiger charge is 2.19. The average molecular weight is 321 g/mol. The molecule has 0 aliphatic heterocycles. The minimum absolute atomic E-state index is 0.0776. The summed E-state index contributed by atoms with van der Waals surface area (Å²) in [6.07, 6.45) is 7.37. The van der Waals surface area contributed by atoms with Crippen LogP contribution < -0.4 is 5.32 Å². The van der Waals surface area contributed by atoms with Gasteiger partial charge in [0, 0.05) is 13.0 Å². The van der Waals surface area contributed by atoms with E-state index in [0.29, 0.717) is 42.7 Å². The standard InChI is InChI=1S/C17H23NO3S/c1-13-6-2-3-7-14(13)12-21-16(19)9-4-10-18-17(20)15-8-5-11-22-15/h2-3,5,8,11,13-14H,4,6-7,9-10,12H2,1H3,(H,18,20). The van der Waals surface area contributed by atoms with E-state index in [0.717, 1.165) is 12.8 Å². The molecule has 5 heteroatoms. The van der Waals surface area contributed by atoms with E-state index >= 15 is 0 Å². The smallest absolute Gasteiger partial charge is 0.305 e. The van der Waals surface area contributed by atoms with Crippen molar-refractivity contribution in [3.8, 4) is 0 Å². The van der Waals surface area contributed by atoms with Crippen LogP contribution in [0.25, 0.3) is 0 Å². The third-order valence-electron chi connectivity index (χ3n) is 3.96. The normalized spacial score (nSPS) is 20.6. The third-order valence-corrected chi connectivity index (χ3v) is 4.83. The second-order valence-electron chi connectivity index (χ2n) is 5.70. The third kappa shape index (κ3) is 5.30. The van der Waals surface area contributed by atoms with Gasteiger partial charge in [0.1, 0.15) is 0 Å². The van der Waals surface area contributed by atoms with E-state index in [-0.39, 0.29) is 11.9 Å². The number of thiophene rings is 1. The Hall–Kier alpha value is -1.62. The molecule has 0 spiro atoms. The van der Waals surface area contributed by atoms with Crippen LogP contribution in [0.2, 0.25) is 0 Å². The molecule has 2 unspecified atom stereocenters. The summed E-state index contributed by atoms with van der Waals surface area (Å²) in [6, 6.07) is 3.63. The predicted octanol–water partition coefficient (Wildman–Crippen LogP) is 3.40. The lowest BCUT2D eigenvalue weighted by atomic mass is 9.85. The summed E-state index contributed by atoms with van der Waals surface area (Å²) in [4.78, 5) is 24.1. The summed E-state index contributed by atoms with van der Waals surface area (Å²) in [5.41, 5.74) is 0. The number of amides is 1. The van der Waals surface area contributed by atoms with Crippen LogP contribution in [0.1, 0.15) is 42.3 Å². The lowest BCUT2D eigenvalue weighted by Crippen LogP contribution is -2.25. The maximum Gasteiger partial charge on any atom is 0.305 e. The lowest BCUT2D eigenvalue weighted by Gasteiger charge is -2.24. The van der Waals surface area contributed by atoms with Crippen molar-refractivity contribution >= 4 is 23.2 Å². The van der Waals surface area contributed by atoms with Gasteiger partial charge in [-0.15, -0.1) is 11.3 Å². The quantitative estimate of drug-likeness (QED) is 0.476. The van der Waals surface area contributed by atoms with Crippen LogP contribution in [0.5, 0.6) is 0 Å². The Balaban J connectivity index is 1.56. The monoisotopic (exact) mass is 321 g/mol. The molecule has 2 rings (SSSR count). The van der Waals surface area contributed by atoms with Crippen LogP contribution in [-0.2, 0) is 9.53 Å².